The van der Waals surface area contributed by atoms with E-state index in [1.54, 1.807) is 11.6 Å². The Morgan fingerprint density at radius 3 is 2.45 bits per heavy atom. The molecule has 5 rings (SSSR count). The van der Waals surface area contributed by atoms with Crippen LogP contribution in [0.3, 0.4) is 0 Å². The minimum Gasteiger partial charge on any atom is -0.339 e. The first-order valence-electron chi connectivity index (χ1n) is 14.3. The third-order valence-electron chi connectivity index (χ3n) is 7.80. The predicted molar refractivity (Wildman–Crippen MR) is 153 cm³/mol. The molecule has 44 heavy (non-hydrogen) atoms. The highest BCUT2D eigenvalue weighted by molar-refractivity contribution is 6.07. The molecule has 1 saturated carbocycles. The SMILES string of the molecule is CCCn1nc(C(=O)N(CC#N)C2CC2)c2c1N(CC)C(=O)[C@H](NC(=O)c1cccc(C(F)(F)F)c1)[C@@H]2c1ccc(F)cc1.[HH]. The summed E-state index contributed by atoms with van der Waals surface area (Å²) in [6, 6.07) is 9.57. The van der Waals surface area contributed by atoms with E-state index in [1.165, 1.54) is 40.1 Å². The number of hydrogen-bond donors (Lipinski definition) is 1. The highest BCUT2D eigenvalue weighted by Crippen LogP contribution is 2.44. The largest absolute Gasteiger partial charge is 0.416 e. The van der Waals surface area contributed by atoms with Gasteiger partial charge in [-0.15, -0.1) is 0 Å². The molecular weight excluding hydrogens is 580 g/mol. The molecule has 2 atom stereocenters. The molecule has 0 unspecified atom stereocenters. The van der Waals surface area contributed by atoms with Gasteiger partial charge in [-0.3, -0.25) is 19.3 Å². The molecule has 2 heterocycles. The number of fused-ring (bicyclic) bond motifs is 1. The van der Waals surface area contributed by atoms with Crippen LogP contribution in [0.25, 0.3) is 0 Å². The van der Waals surface area contributed by atoms with Crippen molar-refractivity contribution in [3.8, 4) is 6.07 Å². The molecule has 232 valence electrons. The normalized spacial score (nSPS) is 18.0. The van der Waals surface area contributed by atoms with E-state index in [0.717, 1.165) is 25.0 Å². The molecule has 13 heteroatoms. The van der Waals surface area contributed by atoms with Crippen LogP contribution in [-0.2, 0) is 17.5 Å². The van der Waals surface area contributed by atoms with Crippen molar-refractivity contribution >= 4 is 23.5 Å². The van der Waals surface area contributed by atoms with Crippen LogP contribution in [0.1, 0.15) is 78.0 Å². The number of halogens is 4. The van der Waals surface area contributed by atoms with E-state index in [-0.39, 0.29) is 31.8 Å². The van der Waals surface area contributed by atoms with Crippen molar-refractivity contribution in [3.05, 3.63) is 82.3 Å². The number of nitrogens with zero attached hydrogens (tertiary/aromatic N) is 5. The molecular formula is C31H32F4N6O3. The van der Waals surface area contributed by atoms with Crippen LogP contribution in [0.4, 0.5) is 23.4 Å². The van der Waals surface area contributed by atoms with Crippen LogP contribution in [0, 0.1) is 17.1 Å². The maximum atomic E-state index is 14.1. The van der Waals surface area contributed by atoms with Gasteiger partial charge in [0.25, 0.3) is 17.7 Å². The van der Waals surface area contributed by atoms with Crippen molar-refractivity contribution < 1.29 is 33.4 Å². The Morgan fingerprint density at radius 1 is 1.16 bits per heavy atom. The lowest BCUT2D eigenvalue weighted by atomic mass is 9.80. The number of amides is 3. The monoisotopic (exact) mass is 612 g/mol. The number of carbonyl (C=O) groups excluding carboxylic acids is 3. The van der Waals surface area contributed by atoms with Gasteiger partial charge in [0.15, 0.2) is 5.69 Å². The number of carbonyl (C=O) groups is 3. The second-order valence-electron chi connectivity index (χ2n) is 10.8. The van der Waals surface area contributed by atoms with Crippen molar-refractivity contribution in [1.82, 2.24) is 20.0 Å². The van der Waals surface area contributed by atoms with Crippen LogP contribution in [0.5, 0.6) is 0 Å². The molecule has 3 amide bonds. The van der Waals surface area contributed by atoms with E-state index in [1.807, 2.05) is 13.0 Å². The first-order valence-corrected chi connectivity index (χ1v) is 14.3. The fourth-order valence-corrected chi connectivity index (χ4v) is 5.65. The molecule has 1 N–H and O–H groups in total. The number of aromatic nitrogens is 2. The van der Waals surface area contributed by atoms with Gasteiger partial charge in [0.05, 0.1) is 11.6 Å². The Bertz CT molecular complexity index is 1630. The maximum absolute atomic E-state index is 14.1. The molecule has 0 radical (unpaired) electrons. The first kappa shape index (κ1) is 30.7. The van der Waals surface area contributed by atoms with E-state index in [9.17, 15) is 37.2 Å². The summed E-state index contributed by atoms with van der Waals surface area (Å²) in [6.07, 6.45) is -2.64. The van der Waals surface area contributed by atoms with Crippen molar-refractivity contribution in [2.45, 2.75) is 63.8 Å². The summed E-state index contributed by atoms with van der Waals surface area (Å²) in [7, 11) is 0. The lowest BCUT2D eigenvalue weighted by Gasteiger charge is -2.38. The van der Waals surface area contributed by atoms with Crippen molar-refractivity contribution in [3.63, 3.8) is 0 Å². The molecule has 0 saturated heterocycles. The third kappa shape index (κ3) is 5.76. The van der Waals surface area contributed by atoms with Crippen LogP contribution in [0.2, 0.25) is 0 Å². The second kappa shape index (κ2) is 12.1. The molecule has 3 aromatic rings. The molecule has 0 spiro atoms. The summed E-state index contributed by atoms with van der Waals surface area (Å²) in [4.78, 5) is 44.4. The summed E-state index contributed by atoms with van der Waals surface area (Å²) < 4.78 is 55.8. The molecule has 0 bridgehead atoms. The van der Waals surface area contributed by atoms with E-state index in [2.05, 4.69) is 10.4 Å². The van der Waals surface area contributed by atoms with Gasteiger partial charge in [-0.1, -0.05) is 25.1 Å². The summed E-state index contributed by atoms with van der Waals surface area (Å²) in [5.74, 6) is -3.28. The number of aryl methyl sites for hydroxylation is 1. The number of hydrogen-bond acceptors (Lipinski definition) is 5. The fraction of sp³-hybridized carbons (Fsp3) is 0.387. The summed E-state index contributed by atoms with van der Waals surface area (Å²) >= 11 is 0. The number of nitrogens with one attached hydrogen (secondary N) is 1. The van der Waals surface area contributed by atoms with E-state index < -0.39 is 47.2 Å². The van der Waals surface area contributed by atoms with Crippen LogP contribution in [0.15, 0.2) is 48.5 Å². The highest BCUT2D eigenvalue weighted by Gasteiger charge is 2.48. The zero-order valence-electron chi connectivity index (χ0n) is 24.1. The first-order chi connectivity index (χ1) is 21.0. The van der Waals surface area contributed by atoms with Gasteiger partial charge >= 0.3 is 6.18 Å². The predicted octanol–water partition coefficient (Wildman–Crippen LogP) is 5.12. The minimum atomic E-state index is -4.69. The Morgan fingerprint density at radius 2 is 1.86 bits per heavy atom. The van der Waals surface area contributed by atoms with Crippen molar-refractivity contribution in [2.24, 2.45) is 0 Å². The topological polar surface area (TPSA) is 111 Å². The molecule has 2 aromatic carbocycles. The summed E-state index contributed by atoms with van der Waals surface area (Å²) in [5, 5.41) is 16.7. The average Bonchev–Trinajstić information content (AvgIpc) is 3.78. The molecule has 9 nitrogen and oxygen atoms in total. The number of benzene rings is 2. The van der Waals surface area contributed by atoms with Crippen molar-refractivity contribution in [1.29, 1.82) is 5.26 Å². The maximum Gasteiger partial charge on any atom is 0.416 e. The number of rotatable bonds is 9. The molecule has 2 aliphatic rings. The zero-order valence-corrected chi connectivity index (χ0v) is 24.1. The summed E-state index contributed by atoms with van der Waals surface area (Å²) in [6.45, 7) is 3.91. The van der Waals surface area contributed by atoms with E-state index in [0.29, 0.717) is 36.0 Å². The standard InChI is InChI=1S/C31H30F4N6O3.H2/c1-3-15-41-28-24(26(38-41)30(44)40(16-14-36)22-12-13-22)23(18-8-10-21(32)11-9-18)25(29(43)39(28)4-2)37-27(42)19-6-5-7-20(17-19)31(33,34)35;/h5-11,17,22-23,25H,3-4,12-13,15-16H2,1-2H3,(H,37,42);1H/t23-,25-;/m1./s1. The Kier molecular flexibility index (Phi) is 8.45. The van der Waals surface area contributed by atoms with Crippen molar-refractivity contribution in [2.75, 3.05) is 18.0 Å². The molecule has 1 fully saturated rings. The van der Waals surface area contributed by atoms with Crippen LogP contribution >= 0.6 is 0 Å². The Hall–Kier alpha value is -4.73. The quantitative estimate of drug-likeness (QED) is 0.266. The lowest BCUT2D eigenvalue weighted by molar-refractivity contribution is -0.137. The number of likely N-dealkylation sites (N-methyl/N-ethyl adjacent to an activating group) is 1. The smallest absolute Gasteiger partial charge is 0.339 e. The fourth-order valence-electron chi connectivity index (χ4n) is 5.65. The highest BCUT2D eigenvalue weighted by atomic mass is 19.4. The summed E-state index contributed by atoms with van der Waals surface area (Å²) in [5.41, 5.74) is -0.650. The third-order valence-corrected chi connectivity index (χ3v) is 7.80. The minimum absolute atomic E-state index is 0. The van der Waals surface area contributed by atoms with E-state index in [4.69, 9.17) is 0 Å². The van der Waals surface area contributed by atoms with Gasteiger partial charge in [0, 0.05) is 37.6 Å². The number of alkyl halides is 3. The van der Waals surface area contributed by atoms with Gasteiger partial charge in [0.2, 0.25) is 0 Å². The van der Waals surface area contributed by atoms with Gasteiger partial charge in [0.1, 0.15) is 24.2 Å². The lowest BCUT2D eigenvalue weighted by Crippen LogP contribution is -2.55. The molecule has 1 aromatic heterocycles. The van der Waals surface area contributed by atoms with Gasteiger partial charge in [-0.05, 0) is 62.1 Å². The molecule has 1 aliphatic carbocycles. The average molecular weight is 613 g/mol. The van der Waals surface area contributed by atoms with Gasteiger partial charge in [-0.25, -0.2) is 9.07 Å². The van der Waals surface area contributed by atoms with Crippen LogP contribution in [-0.4, -0.2) is 57.6 Å². The number of nitriles is 1. The van der Waals surface area contributed by atoms with Crippen LogP contribution < -0.4 is 10.2 Å². The zero-order chi connectivity index (χ0) is 31.8. The molecule has 1 aliphatic heterocycles. The second-order valence-corrected chi connectivity index (χ2v) is 10.8. The number of anilines is 1. The van der Waals surface area contributed by atoms with Gasteiger partial charge in [-0.2, -0.15) is 23.5 Å². The van der Waals surface area contributed by atoms with Gasteiger partial charge < -0.3 is 10.2 Å². The Labute approximate surface area is 252 Å². The Balaban J connectivity index is 0.00000461. The van der Waals surface area contributed by atoms with E-state index >= 15 is 0 Å².